The molecule has 4 aromatic rings. The van der Waals surface area contributed by atoms with Gasteiger partial charge in [0.05, 0.1) is 64.7 Å². The van der Waals surface area contributed by atoms with E-state index in [1.54, 1.807) is 31.4 Å². The number of carbonyl (C=O) groups excluding carboxylic acids is 2. The second-order valence-corrected chi connectivity index (χ2v) is 13.0. The van der Waals surface area contributed by atoms with Crippen LogP contribution in [0.2, 0.25) is 0 Å². The van der Waals surface area contributed by atoms with E-state index in [0.29, 0.717) is 90.0 Å². The van der Waals surface area contributed by atoms with Crippen molar-refractivity contribution in [1.82, 2.24) is 0 Å². The lowest BCUT2D eigenvalue weighted by Crippen LogP contribution is -2.30. The summed E-state index contributed by atoms with van der Waals surface area (Å²) in [6.07, 6.45) is 2.21. The van der Waals surface area contributed by atoms with Gasteiger partial charge < -0.3 is 38.3 Å². The summed E-state index contributed by atoms with van der Waals surface area (Å²) >= 11 is 0. The lowest BCUT2D eigenvalue weighted by molar-refractivity contribution is -0.145. The number of rotatable bonds is 18. The van der Waals surface area contributed by atoms with Crippen molar-refractivity contribution in [1.29, 1.82) is 0 Å². The molecule has 1 aliphatic rings. The van der Waals surface area contributed by atoms with Gasteiger partial charge in [0.2, 0.25) is 0 Å². The Morgan fingerprint density at radius 2 is 0.911 bits per heavy atom. The highest BCUT2D eigenvalue weighted by Crippen LogP contribution is 2.31. The van der Waals surface area contributed by atoms with E-state index in [1.807, 2.05) is 72.8 Å². The van der Waals surface area contributed by atoms with E-state index in [9.17, 15) is 9.59 Å². The van der Waals surface area contributed by atoms with Crippen LogP contribution in [0.4, 0.5) is 0 Å². The van der Waals surface area contributed by atoms with Gasteiger partial charge in [-0.15, -0.1) is 0 Å². The third-order valence-electron chi connectivity index (χ3n) is 8.85. The number of methoxy groups -OCH3 is 1. The van der Waals surface area contributed by atoms with Crippen molar-refractivity contribution in [3.8, 4) is 40.9 Å². The second-order valence-electron chi connectivity index (χ2n) is 13.0. The maximum Gasteiger partial charge on any atom is 0.314 e. The van der Waals surface area contributed by atoms with E-state index in [4.69, 9.17) is 38.3 Å². The largest absolute Gasteiger partial charge is 0.491 e. The third-order valence-corrected chi connectivity index (χ3v) is 8.85. The molecule has 0 atom stereocenters. The van der Waals surface area contributed by atoms with E-state index in [2.05, 4.69) is 23.7 Å². The van der Waals surface area contributed by atoms with Crippen LogP contribution < -0.4 is 14.2 Å². The van der Waals surface area contributed by atoms with E-state index in [-0.39, 0.29) is 30.4 Å². The molecule has 4 aromatic carbocycles. The van der Waals surface area contributed by atoms with Gasteiger partial charge in [0.25, 0.3) is 0 Å². The summed E-state index contributed by atoms with van der Waals surface area (Å²) in [5.41, 5.74) is 4.35. The summed E-state index contributed by atoms with van der Waals surface area (Å²) in [6, 6.07) is 29.6. The number of benzene rings is 4. The molecule has 0 spiro atoms. The Bertz CT molecular complexity index is 1760. The van der Waals surface area contributed by atoms with Crippen LogP contribution in [0.3, 0.4) is 0 Å². The third kappa shape index (κ3) is 14.6. The molecule has 1 saturated carbocycles. The molecule has 0 saturated heterocycles. The Balaban J connectivity index is 0.988. The van der Waals surface area contributed by atoms with Gasteiger partial charge in [0, 0.05) is 29.4 Å². The van der Waals surface area contributed by atoms with E-state index in [0.717, 1.165) is 33.6 Å². The molecule has 1 aliphatic carbocycles. The van der Waals surface area contributed by atoms with Gasteiger partial charge in [-0.1, -0.05) is 35.8 Å². The minimum absolute atomic E-state index is 0.00473. The van der Waals surface area contributed by atoms with Crippen molar-refractivity contribution in [3.05, 3.63) is 125 Å². The summed E-state index contributed by atoms with van der Waals surface area (Å²) in [5.74, 6) is 13.1. The van der Waals surface area contributed by atoms with Crippen molar-refractivity contribution in [2.75, 3.05) is 60.0 Å². The fourth-order valence-electron chi connectivity index (χ4n) is 5.72. The minimum Gasteiger partial charge on any atom is -0.491 e. The van der Waals surface area contributed by atoms with Crippen LogP contribution >= 0.6 is 0 Å². The predicted octanol–water partition coefficient (Wildman–Crippen LogP) is 6.37. The van der Waals surface area contributed by atoms with Crippen molar-refractivity contribution in [2.45, 2.75) is 32.3 Å². The topological polar surface area (TPSA) is 119 Å². The van der Waals surface area contributed by atoms with Crippen LogP contribution in [0, 0.1) is 35.5 Å². The number of hydrogen-bond acceptors (Lipinski definition) is 10. The monoisotopic (exact) mass is 760 g/mol. The van der Waals surface area contributed by atoms with Crippen molar-refractivity contribution in [2.24, 2.45) is 11.8 Å². The maximum atomic E-state index is 12.9. The molecule has 292 valence electrons. The molecule has 0 unspecified atom stereocenters. The molecule has 0 aliphatic heterocycles. The summed E-state index contributed by atoms with van der Waals surface area (Å²) < 4.78 is 38.1. The molecule has 1 N–H and O–H groups in total. The van der Waals surface area contributed by atoms with E-state index in [1.165, 1.54) is 0 Å². The number of aliphatic hydroxyl groups is 1. The molecule has 10 heteroatoms. The van der Waals surface area contributed by atoms with Gasteiger partial charge in [-0.3, -0.25) is 9.59 Å². The SMILES string of the molecule is COCCOCCOc1ccc(C#Cc2ccc(OC(=O)[C@H]3CC[C@H](C(=O)Oc4ccc(C#Cc5ccc(COCCOCCO)cc5)cc4)CC3)cc2)cc1. The van der Waals surface area contributed by atoms with E-state index < -0.39 is 0 Å². The second kappa shape index (κ2) is 23.5. The Morgan fingerprint density at radius 1 is 0.518 bits per heavy atom. The fraction of sp³-hybridized carbons (Fsp3) is 0.348. The normalized spacial score (nSPS) is 14.8. The summed E-state index contributed by atoms with van der Waals surface area (Å²) in [5, 5.41) is 8.72. The van der Waals surface area contributed by atoms with Crippen molar-refractivity contribution < 1.29 is 47.9 Å². The Morgan fingerprint density at radius 3 is 1.38 bits per heavy atom. The van der Waals surface area contributed by atoms with Gasteiger partial charge in [0.1, 0.15) is 23.9 Å². The number of ether oxygens (including phenoxy) is 7. The van der Waals surface area contributed by atoms with Gasteiger partial charge in [-0.05, 0) is 116 Å². The smallest absolute Gasteiger partial charge is 0.314 e. The highest BCUT2D eigenvalue weighted by molar-refractivity contribution is 5.78. The lowest BCUT2D eigenvalue weighted by Gasteiger charge is -2.25. The first-order valence-corrected chi connectivity index (χ1v) is 18.8. The molecular weight excluding hydrogens is 712 g/mol. The maximum absolute atomic E-state index is 12.9. The molecule has 0 amide bonds. The van der Waals surface area contributed by atoms with E-state index >= 15 is 0 Å². The molecule has 0 radical (unpaired) electrons. The first-order valence-electron chi connectivity index (χ1n) is 18.8. The molecule has 5 rings (SSSR count). The first-order chi connectivity index (χ1) is 27.5. The Labute approximate surface area is 329 Å². The number of hydrogen-bond donors (Lipinski definition) is 1. The molecule has 0 bridgehead atoms. The zero-order valence-corrected chi connectivity index (χ0v) is 31.7. The molecule has 10 nitrogen and oxygen atoms in total. The molecular formula is C46H48O10. The van der Waals surface area contributed by atoms with Crippen LogP contribution in [0.25, 0.3) is 0 Å². The van der Waals surface area contributed by atoms with Crippen molar-refractivity contribution >= 4 is 11.9 Å². The standard InChI is InChI=1S/C46H48O10/c1-50-28-29-52-32-33-54-42-20-10-36(11-21-42)4-5-38-14-24-44(25-15-38)56-46(49)41-18-16-40(17-19-41)45(48)55-43-22-12-37(13-23-43)3-2-35-6-8-39(9-7-35)34-53-31-30-51-27-26-47/h6-15,20-25,40-41,47H,16-19,26-34H2,1H3/t40-,41-. The van der Waals surface area contributed by atoms with Crippen LogP contribution in [0.1, 0.15) is 53.5 Å². The minimum atomic E-state index is -0.294. The first kappa shape index (κ1) is 41.7. The Hall–Kier alpha value is -5.46. The van der Waals surface area contributed by atoms with Crippen LogP contribution in [-0.4, -0.2) is 77.0 Å². The zero-order valence-electron chi connectivity index (χ0n) is 31.7. The summed E-state index contributed by atoms with van der Waals surface area (Å²) in [7, 11) is 1.64. The summed E-state index contributed by atoms with van der Waals surface area (Å²) in [4.78, 5) is 25.9. The quantitative estimate of drug-likeness (QED) is 0.0531. The molecule has 56 heavy (non-hydrogen) atoms. The van der Waals surface area contributed by atoms with Crippen LogP contribution in [0.15, 0.2) is 97.1 Å². The predicted molar refractivity (Wildman–Crippen MR) is 210 cm³/mol. The number of carbonyl (C=O) groups is 2. The highest BCUT2D eigenvalue weighted by atomic mass is 16.5. The molecule has 0 heterocycles. The number of aliphatic hydroxyl groups excluding tert-OH is 1. The lowest BCUT2D eigenvalue weighted by atomic mass is 9.82. The highest BCUT2D eigenvalue weighted by Gasteiger charge is 2.32. The number of esters is 2. The van der Waals surface area contributed by atoms with Gasteiger partial charge in [-0.25, -0.2) is 0 Å². The van der Waals surface area contributed by atoms with Crippen LogP contribution in [-0.2, 0) is 35.1 Å². The average Bonchev–Trinajstić information content (AvgIpc) is 3.23. The average molecular weight is 761 g/mol. The van der Waals surface area contributed by atoms with Gasteiger partial charge in [-0.2, -0.15) is 0 Å². The molecule has 1 fully saturated rings. The zero-order chi connectivity index (χ0) is 39.2. The van der Waals surface area contributed by atoms with Gasteiger partial charge >= 0.3 is 11.9 Å². The fourth-order valence-corrected chi connectivity index (χ4v) is 5.72. The molecule has 0 aromatic heterocycles. The van der Waals surface area contributed by atoms with Gasteiger partial charge in [0.15, 0.2) is 0 Å². The van der Waals surface area contributed by atoms with Crippen molar-refractivity contribution in [3.63, 3.8) is 0 Å². The Kier molecular flexibility index (Phi) is 17.5. The summed E-state index contributed by atoms with van der Waals surface area (Å²) in [6.45, 7) is 3.74. The van der Waals surface area contributed by atoms with Crippen LogP contribution in [0.5, 0.6) is 17.2 Å².